The van der Waals surface area contributed by atoms with Crippen molar-refractivity contribution in [3.8, 4) is 45.3 Å². The van der Waals surface area contributed by atoms with E-state index in [4.69, 9.17) is 0 Å². The molecule has 4 heteroatoms. The molecule has 0 radical (unpaired) electrons. The molecule has 0 amide bonds. The van der Waals surface area contributed by atoms with Crippen LogP contribution in [0.15, 0.2) is 48.5 Å². The van der Waals surface area contributed by atoms with Gasteiger partial charge in [0.15, 0.2) is 0 Å². The summed E-state index contributed by atoms with van der Waals surface area (Å²) in [5, 5.41) is 41.1. The lowest BCUT2D eigenvalue weighted by atomic mass is 9.75. The average molecular weight is 334 g/mol. The number of fused-ring (bicyclic) bond motifs is 5. The third kappa shape index (κ3) is 2.07. The number of benzene rings is 3. The van der Waals surface area contributed by atoms with E-state index in [9.17, 15) is 20.4 Å². The molecule has 1 aliphatic rings. The van der Waals surface area contributed by atoms with Crippen LogP contribution in [0, 0.1) is 0 Å². The van der Waals surface area contributed by atoms with Crippen molar-refractivity contribution in [2.24, 2.45) is 0 Å². The van der Waals surface area contributed by atoms with Gasteiger partial charge in [-0.05, 0) is 58.7 Å². The van der Waals surface area contributed by atoms with Gasteiger partial charge in [-0.25, -0.2) is 0 Å². The number of phenolic OH excluding ortho intramolecular Hbond substituents is 4. The first-order chi connectivity index (χ1) is 11.8. The highest BCUT2D eigenvalue weighted by Crippen LogP contribution is 2.54. The summed E-state index contributed by atoms with van der Waals surface area (Å²) in [5.74, 6) is 0.348. The van der Waals surface area contributed by atoms with Gasteiger partial charge in [0.05, 0.1) is 0 Å². The third-order valence-corrected chi connectivity index (χ3v) is 5.05. The summed E-state index contributed by atoms with van der Waals surface area (Å²) >= 11 is 0. The average Bonchev–Trinajstić information content (AvgIpc) is 2.64. The second kappa shape index (κ2) is 4.93. The van der Waals surface area contributed by atoms with E-state index >= 15 is 0 Å². The zero-order valence-corrected chi connectivity index (χ0v) is 13.9. The van der Waals surface area contributed by atoms with Gasteiger partial charge < -0.3 is 20.4 Å². The monoisotopic (exact) mass is 334 g/mol. The van der Waals surface area contributed by atoms with Crippen LogP contribution in [0.1, 0.15) is 25.0 Å². The Labute approximate surface area is 145 Å². The molecular weight excluding hydrogens is 316 g/mol. The molecule has 0 saturated carbocycles. The predicted octanol–water partition coefficient (Wildman–Crippen LogP) is 4.48. The van der Waals surface area contributed by atoms with E-state index in [1.165, 1.54) is 12.1 Å². The molecule has 0 bridgehead atoms. The quantitative estimate of drug-likeness (QED) is 0.457. The van der Waals surface area contributed by atoms with Gasteiger partial charge in [0.1, 0.15) is 23.0 Å². The molecule has 3 aromatic carbocycles. The molecule has 3 aromatic rings. The largest absolute Gasteiger partial charge is 0.508 e. The fourth-order valence-corrected chi connectivity index (χ4v) is 3.81. The molecule has 0 spiro atoms. The Kier molecular flexibility index (Phi) is 3.03. The first kappa shape index (κ1) is 15.4. The number of rotatable bonds is 0. The summed E-state index contributed by atoms with van der Waals surface area (Å²) in [6, 6.07) is 12.9. The fourth-order valence-electron chi connectivity index (χ4n) is 3.81. The normalized spacial score (nSPS) is 14.2. The Bertz CT molecular complexity index is 938. The Morgan fingerprint density at radius 1 is 0.600 bits per heavy atom. The predicted molar refractivity (Wildman–Crippen MR) is 96.1 cm³/mol. The molecule has 1 aliphatic carbocycles. The number of hydrogen-bond donors (Lipinski definition) is 4. The summed E-state index contributed by atoms with van der Waals surface area (Å²) in [6.45, 7) is 3.98. The van der Waals surface area contributed by atoms with Crippen molar-refractivity contribution in [3.05, 3.63) is 59.7 Å². The van der Waals surface area contributed by atoms with Gasteiger partial charge in [-0.3, -0.25) is 0 Å². The molecule has 4 N–H and O–H groups in total. The van der Waals surface area contributed by atoms with Crippen LogP contribution in [-0.4, -0.2) is 20.4 Å². The summed E-state index contributed by atoms with van der Waals surface area (Å²) in [7, 11) is 0. The van der Waals surface area contributed by atoms with E-state index in [0.717, 1.165) is 22.3 Å². The van der Waals surface area contributed by atoms with Crippen LogP contribution in [-0.2, 0) is 5.41 Å². The lowest BCUT2D eigenvalue weighted by Gasteiger charge is -2.28. The van der Waals surface area contributed by atoms with E-state index in [1.54, 1.807) is 36.4 Å². The van der Waals surface area contributed by atoms with Crippen molar-refractivity contribution in [3.63, 3.8) is 0 Å². The van der Waals surface area contributed by atoms with E-state index in [1.807, 2.05) is 13.8 Å². The Balaban J connectivity index is 2.27. The first-order valence-electron chi connectivity index (χ1n) is 8.03. The Morgan fingerprint density at radius 3 is 1.40 bits per heavy atom. The molecule has 0 unspecified atom stereocenters. The highest BCUT2D eigenvalue weighted by Gasteiger charge is 2.35. The van der Waals surface area contributed by atoms with E-state index in [-0.39, 0.29) is 23.0 Å². The van der Waals surface area contributed by atoms with Gasteiger partial charge in [-0.2, -0.15) is 0 Å². The van der Waals surface area contributed by atoms with Crippen LogP contribution in [0.5, 0.6) is 23.0 Å². The molecule has 0 aromatic heterocycles. The molecule has 0 saturated heterocycles. The number of phenols is 4. The summed E-state index contributed by atoms with van der Waals surface area (Å²) in [6.07, 6.45) is 0. The maximum Gasteiger partial charge on any atom is 0.124 e. The Morgan fingerprint density at radius 2 is 1.00 bits per heavy atom. The van der Waals surface area contributed by atoms with Crippen molar-refractivity contribution < 1.29 is 20.4 Å². The maximum atomic E-state index is 10.5. The molecule has 0 atom stereocenters. The van der Waals surface area contributed by atoms with Crippen molar-refractivity contribution >= 4 is 0 Å². The molecule has 4 rings (SSSR count). The Hall–Kier alpha value is -3.14. The van der Waals surface area contributed by atoms with Gasteiger partial charge in [0.25, 0.3) is 0 Å². The number of aromatic hydroxyl groups is 4. The van der Waals surface area contributed by atoms with Crippen LogP contribution in [0.4, 0.5) is 0 Å². The minimum Gasteiger partial charge on any atom is -0.508 e. The zero-order valence-electron chi connectivity index (χ0n) is 13.9. The standard InChI is InChI=1S/C21H18O4/c1-21(2)15-9-11(22)3-5-13(15)19-17(24)7-8-18(25)20(19)14-6-4-12(23)10-16(14)21/h3-10,22-25H,1-2H3. The van der Waals surface area contributed by atoms with Crippen molar-refractivity contribution in [2.45, 2.75) is 19.3 Å². The van der Waals surface area contributed by atoms with E-state index < -0.39 is 5.41 Å². The number of hydrogen-bond acceptors (Lipinski definition) is 4. The van der Waals surface area contributed by atoms with E-state index in [0.29, 0.717) is 11.1 Å². The van der Waals surface area contributed by atoms with Crippen molar-refractivity contribution in [1.82, 2.24) is 0 Å². The van der Waals surface area contributed by atoms with Crippen molar-refractivity contribution in [2.75, 3.05) is 0 Å². The van der Waals surface area contributed by atoms with Gasteiger partial charge in [0.2, 0.25) is 0 Å². The first-order valence-corrected chi connectivity index (χ1v) is 8.03. The summed E-state index contributed by atoms with van der Waals surface area (Å²) in [4.78, 5) is 0. The lowest BCUT2D eigenvalue weighted by Crippen LogP contribution is -2.19. The molecule has 0 fully saturated rings. The minimum atomic E-state index is -0.569. The van der Waals surface area contributed by atoms with Gasteiger partial charge in [-0.15, -0.1) is 0 Å². The summed E-state index contributed by atoms with van der Waals surface area (Å²) < 4.78 is 0. The molecule has 25 heavy (non-hydrogen) atoms. The topological polar surface area (TPSA) is 80.9 Å². The summed E-state index contributed by atoms with van der Waals surface area (Å²) in [5.41, 5.74) is 3.56. The SMILES string of the molecule is CC1(C)c2cc(O)ccc2-c2c(O)ccc(O)c2-c2ccc(O)cc21. The smallest absolute Gasteiger partial charge is 0.124 e. The van der Waals surface area contributed by atoms with Gasteiger partial charge in [0, 0.05) is 16.5 Å². The molecule has 0 aliphatic heterocycles. The second-order valence-electron chi connectivity index (χ2n) is 6.94. The lowest BCUT2D eigenvalue weighted by molar-refractivity contribution is 0.463. The highest BCUT2D eigenvalue weighted by atomic mass is 16.3. The van der Waals surface area contributed by atoms with Gasteiger partial charge >= 0.3 is 0 Å². The third-order valence-electron chi connectivity index (χ3n) is 5.05. The molecular formula is C21H18O4. The van der Waals surface area contributed by atoms with Crippen LogP contribution in [0.25, 0.3) is 22.3 Å². The highest BCUT2D eigenvalue weighted by molar-refractivity contribution is 5.96. The molecule has 0 heterocycles. The van der Waals surface area contributed by atoms with Crippen LogP contribution in [0.3, 0.4) is 0 Å². The van der Waals surface area contributed by atoms with Crippen LogP contribution < -0.4 is 0 Å². The van der Waals surface area contributed by atoms with Crippen molar-refractivity contribution in [1.29, 1.82) is 0 Å². The zero-order chi connectivity index (χ0) is 17.9. The molecule has 4 nitrogen and oxygen atoms in total. The fraction of sp³-hybridized carbons (Fsp3) is 0.143. The van der Waals surface area contributed by atoms with Crippen LogP contribution in [0.2, 0.25) is 0 Å². The van der Waals surface area contributed by atoms with E-state index in [2.05, 4.69) is 0 Å². The molecule has 126 valence electrons. The van der Waals surface area contributed by atoms with Crippen LogP contribution >= 0.6 is 0 Å². The minimum absolute atomic E-state index is 0.0523. The second-order valence-corrected chi connectivity index (χ2v) is 6.94. The van der Waals surface area contributed by atoms with Gasteiger partial charge in [-0.1, -0.05) is 26.0 Å². The maximum absolute atomic E-state index is 10.5.